The quantitative estimate of drug-likeness (QED) is 0.208. The summed E-state index contributed by atoms with van der Waals surface area (Å²) in [5.41, 5.74) is 0. The standard InChI is InChI=1S/3B2HNO4.4Er/c3*4-1(5)3-2(6)7;;;;/h3*3H;;;;/q3*-4;4*+3. The van der Waals surface area contributed by atoms with Gasteiger partial charge in [-0.25, -0.2) is 0 Å². The van der Waals surface area contributed by atoms with E-state index in [0.717, 1.165) is 15.4 Å². The van der Waals surface area contributed by atoms with Gasteiger partial charge in [0, 0.05) is 0 Å². The van der Waals surface area contributed by atoms with Gasteiger partial charge >= 0.3 is 149 Å². The Labute approximate surface area is 263 Å². The van der Waals surface area contributed by atoms with Crippen LogP contribution in [0.4, 0.5) is 0 Å². The summed E-state index contributed by atoms with van der Waals surface area (Å²) >= 11 is 0. The Bertz CT molecular complexity index is 166. The second-order valence-corrected chi connectivity index (χ2v) is 2.49. The molecule has 156 valence electrons. The van der Waals surface area contributed by atoms with Crippen molar-refractivity contribution in [3.05, 3.63) is 0 Å². The summed E-state index contributed by atoms with van der Waals surface area (Å²) in [7, 11) is -15.0. The maximum absolute atomic E-state index is 9.27. The van der Waals surface area contributed by atoms with E-state index in [9.17, 15) is 60.3 Å². The Kier molecular flexibility index (Phi) is 63.5. The minimum absolute atomic E-state index is 0. The fourth-order valence-electron chi connectivity index (χ4n) is 0.333. The van der Waals surface area contributed by atoms with Gasteiger partial charge in [0.15, 0.2) is 0 Å². The molecule has 0 bridgehead atoms. The molecule has 3 N–H and O–H groups in total. The first-order valence-corrected chi connectivity index (χ1v) is 4.56. The average molecular weight is 971 g/mol. The van der Waals surface area contributed by atoms with Gasteiger partial charge in [0.05, 0.1) is 0 Å². The SMILES string of the molecule is [Er+3].[Er+3].[Er+3].[Er+3].[O-]B([O-])NB([O-])[O-].[O-]B([O-])NB([O-])[O-].[O-]B([O-])NB([O-])[O-]. The van der Waals surface area contributed by atoms with Crippen LogP contribution in [-0.2, 0) is 0 Å². The largest absolute Gasteiger partial charge is 3.00 e. The monoisotopic (exact) mass is 967 g/mol. The van der Waals surface area contributed by atoms with E-state index in [1.807, 2.05) is 0 Å². The summed E-state index contributed by atoms with van der Waals surface area (Å²) in [6.07, 6.45) is 0. The maximum Gasteiger partial charge on any atom is 3.00 e. The van der Waals surface area contributed by atoms with Gasteiger partial charge in [-0.3, -0.25) is 0 Å². The van der Waals surface area contributed by atoms with Gasteiger partial charge in [-0.2, -0.15) is 0 Å². The average Bonchev–Trinajstić information content (AvgIpc) is 2.10. The van der Waals surface area contributed by atoms with E-state index < -0.39 is 43.5 Å². The van der Waals surface area contributed by atoms with Crippen LogP contribution in [0.3, 0.4) is 0 Å². The fraction of sp³-hybridized carbons (Fsp3) is 0. The molecule has 0 saturated heterocycles. The first kappa shape index (κ1) is 47.5. The van der Waals surface area contributed by atoms with E-state index in [1.165, 1.54) is 0 Å². The first-order chi connectivity index (χ1) is 9.38. The molecule has 0 aliphatic heterocycles. The molecule has 25 heteroatoms. The van der Waals surface area contributed by atoms with Crippen LogP contribution in [0.2, 0.25) is 0 Å². The third-order valence-corrected chi connectivity index (χ3v) is 0.816. The summed E-state index contributed by atoms with van der Waals surface area (Å²) in [6.45, 7) is 0. The first-order valence-electron chi connectivity index (χ1n) is 4.56. The van der Waals surface area contributed by atoms with Crippen LogP contribution in [0.1, 0.15) is 0 Å². The molecule has 4 radical (unpaired) electrons. The molecule has 0 amide bonds. The maximum atomic E-state index is 9.27. The van der Waals surface area contributed by atoms with Crippen molar-refractivity contribution in [2.24, 2.45) is 0 Å². The van der Waals surface area contributed by atoms with E-state index in [1.54, 1.807) is 0 Å². The number of rotatable bonds is 6. The van der Waals surface area contributed by atoms with Crippen LogP contribution in [-0.4, -0.2) is 43.5 Å². The molecule has 0 aliphatic rings. The fourth-order valence-corrected chi connectivity index (χ4v) is 0.333. The van der Waals surface area contributed by atoms with Crippen molar-refractivity contribution in [1.82, 2.24) is 15.4 Å². The zero-order valence-electron chi connectivity index (χ0n) is 11.0. The molecular formula is H3B6Er4N3O12. The molecule has 0 aliphatic carbocycles. The Balaban J connectivity index is -0.0000000360. The topological polar surface area (TPSA) is 313 Å². The van der Waals surface area contributed by atoms with Gasteiger partial charge in [-0.05, 0) is 43.5 Å². The molecular weight excluding hydrogens is 968 g/mol. The van der Waals surface area contributed by atoms with E-state index in [2.05, 4.69) is 0 Å². The summed E-state index contributed by atoms with van der Waals surface area (Å²) in [5.74, 6) is 0. The molecule has 0 aromatic carbocycles. The summed E-state index contributed by atoms with van der Waals surface area (Å²) in [6, 6.07) is 0. The third kappa shape index (κ3) is 73.3. The predicted octanol–water partition coefficient (Wildman–Crippen LogP) is -18.0. The van der Waals surface area contributed by atoms with Crippen molar-refractivity contribution >= 4 is 43.5 Å². The van der Waals surface area contributed by atoms with Gasteiger partial charge in [0.2, 0.25) is 0 Å². The molecule has 0 rings (SSSR count). The summed E-state index contributed by atoms with van der Waals surface area (Å²) in [4.78, 5) is 0. The number of hydrogen-bond acceptors (Lipinski definition) is 15. The van der Waals surface area contributed by atoms with Crippen LogP contribution in [0.5, 0.6) is 0 Å². The zero-order valence-corrected chi connectivity index (χ0v) is 18.4. The second-order valence-electron chi connectivity index (χ2n) is 2.49. The van der Waals surface area contributed by atoms with Gasteiger partial charge in [0.25, 0.3) is 0 Å². The molecule has 0 spiro atoms. The predicted molar refractivity (Wildman–Crippen MR) is 43.9 cm³/mol. The normalized spacial score (nSPS) is 7.20. The van der Waals surface area contributed by atoms with Crippen LogP contribution in [0.25, 0.3) is 0 Å². The van der Waals surface area contributed by atoms with E-state index in [-0.39, 0.29) is 149 Å². The van der Waals surface area contributed by atoms with E-state index in [0.29, 0.717) is 0 Å². The minimum Gasteiger partial charge on any atom is -0.882 e. The molecule has 0 heterocycles. The third-order valence-electron chi connectivity index (χ3n) is 0.816. The Morgan fingerprint density at radius 2 is 0.360 bits per heavy atom. The zero-order chi connectivity index (χ0) is 17.6. The van der Waals surface area contributed by atoms with E-state index >= 15 is 0 Å². The van der Waals surface area contributed by atoms with Crippen LogP contribution in [0, 0.1) is 149 Å². The Morgan fingerprint density at radius 3 is 0.360 bits per heavy atom. The Morgan fingerprint density at radius 1 is 0.280 bits per heavy atom. The van der Waals surface area contributed by atoms with Gasteiger partial charge in [-0.1, -0.05) is 0 Å². The van der Waals surface area contributed by atoms with Crippen molar-refractivity contribution < 1.29 is 210 Å². The number of nitrogens with one attached hydrogen (secondary N) is 3. The van der Waals surface area contributed by atoms with Crippen molar-refractivity contribution in [2.45, 2.75) is 0 Å². The van der Waals surface area contributed by atoms with Crippen molar-refractivity contribution in [1.29, 1.82) is 0 Å². The molecule has 15 nitrogen and oxygen atoms in total. The van der Waals surface area contributed by atoms with E-state index in [4.69, 9.17) is 0 Å². The molecule has 0 atom stereocenters. The second kappa shape index (κ2) is 33.4. The molecule has 0 unspecified atom stereocenters. The molecule has 0 fully saturated rings. The summed E-state index contributed by atoms with van der Waals surface area (Å²) < 4.78 is 0. The van der Waals surface area contributed by atoms with Gasteiger partial charge in [-0.15, -0.1) is 0 Å². The van der Waals surface area contributed by atoms with Crippen molar-refractivity contribution in [3.63, 3.8) is 0 Å². The van der Waals surface area contributed by atoms with Crippen LogP contribution >= 0.6 is 0 Å². The van der Waals surface area contributed by atoms with Crippen LogP contribution in [0.15, 0.2) is 0 Å². The molecule has 0 saturated carbocycles. The van der Waals surface area contributed by atoms with Crippen LogP contribution < -0.4 is 75.7 Å². The van der Waals surface area contributed by atoms with Crippen molar-refractivity contribution in [3.8, 4) is 0 Å². The minimum atomic E-state index is -2.50. The summed E-state index contributed by atoms with van der Waals surface area (Å²) in [5, 5.41) is 114. The molecule has 25 heavy (non-hydrogen) atoms. The van der Waals surface area contributed by atoms with Gasteiger partial charge < -0.3 is 75.7 Å². The Hall–Kier alpha value is 4.78. The van der Waals surface area contributed by atoms with Crippen molar-refractivity contribution in [2.75, 3.05) is 0 Å². The molecule has 0 aromatic heterocycles. The molecule has 0 aromatic rings. The number of hydrogen-bond donors (Lipinski definition) is 3. The smallest absolute Gasteiger partial charge is 0.882 e. The van der Waals surface area contributed by atoms with Gasteiger partial charge in [0.1, 0.15) is 0 Å².